The van der Waals surface area contributed by atoms with Crippen molar-refractivity contribution in [2.24, 2.45) is 11.7 Å². The van der Waals surface area contributed by atoms with Gasteiger partial charge in [0.1, 0.15) is 0 Å². The van der Waals surface area contributed by atoms with Crippen molar-refractivity contribution in [1.29, 1.82) is 0 Å². The van der Waals surface area contributed by atoms with E-state index in [1.54, 1.807) is 0 Å². The molecule has 2 atom stereocenters. The van der Waals surface area contributed by atoms with Gasteiger partial charge in [0, 0.05) is 6.61 Å². The molecule has 0 amide bonds. The first kappa shape index (κ1) is 11.9. The number of thiocarbonyl (C=S) groups is 1. The number of rotatable bonds is 5. The number of hydrogen-bond acceptors (Lipinski definition) is 2. The molecule has 2 unspecified atom stereocenters. The van der Waals surface area contributed by atoms with E-state index in [-0.39, 0.29) is 0 Å². The third-order valence-corrected chi connectivity index (χ3v) is 3.14. The van der Waals surface area contributed by atoms with Gasteiger partial charge in [-0.1, -0.05) is 32.0 Å². The number of nitrogens with two attached hydrogens (primary N) is 1. The van der Waals surface area contributed by atoms with Crippen LogP contribution in [0.5, 0.6) is 0 Å². The topological polar surface area (TPSA) is 35.2 Å². The molecule has 0 bridgehead atoms. The fourth-order valence-electron chi connectivity index (χ4n) is 2.01. The van der Waals surface area contributed by atoms with E-state index in [0.29, 0.717) is 11.1 Å². The van der Waals surface area contributed by atoms with Crippen LogP contribution in [-0.2, 0) is 4.74 Å². The van der Waals surface area contributed by atoms with E-state index in [1.165, 1.54) is 25.7 Å². The maximum Gasteiger partial charge on any atom is 0.0728 e. The summed E-state index contributed by atoms with van der Waals surface area (Å²) in [5.41, 5.74) is 5.41. The normalized spacial score (nSPS) is 27.5. The van der Waals surface area contributed by atoms with Crippen LogP contribution in [-0.4, -0.2) is 17.7 Å². The van der Waals surface area contributed by atoms with Crippen LogP contribution in [0.1, 0.15) is 45.4 Å². The Morgan fingerprint density at radius 1 is 1.43 bits per heavy atom. The summed E-state index contributed by atoms with van der Waals surface area (Å²) in [5.74, 6) is 0.730. The predicted octanol–water partition coefficient (Wildman–Crippen LogP) is 2.65. The van der Waals surface area contributed by atoms with Crippen LogP contribution in [0.15, 0.2) is 0 Å². The molecule has 0 aromatic heterocycles. The van der Waals surface area contributed by atoms with Gasteiger partial charge in [-0.3, -0.25) is 0 Å². The third-order valence-electron chi connectivity index (χ3n) is 2.93. The van der Waals surface area contributed by atoms with Gasteiger partial charge in [0.05, 0.1) is 11.1 Å². The third kappa shape index (κ3) is 4.38. The van der Waals surface area contributed by atoms with Gasteiger partial charge >= 0.3 is 0 Å². The Labute approximate surface area is 92.2 Å². The first-order valence-corrected chi connectivity index (χ1v) is 6.01. The summed E-state index contributed by atoms with van der Waals surface area (Å²) in [4.78, 5) is 0.602. The molecule has 82 valence electrons. The van der Waals surface area contributed by atoms with Crippen LogP contribution in [0.25, 0.3) is 0 Å². The summed E-state index contributed by atoms with van der Waals surface area (Å²) < 4.78 is 5.83. The van der Waals surface area contributed by atoms with Crippen molar-refractivity contribution >= 4 is 17.2 Å². The van der Waals surface area contributed by atoms with Gasteiger partial charge in [-0.25, -0.2) is 0 Å². The fraction of sp³-hybridized carbons (Fsp3) is 0.909. The first-order valence-electron chi connectivity index (χ1n) is 5.60. The Hall–Kier alpha value is -0.150. The lowest BCUT2D eigenvalue weighted by Gasteiger charge is -2.28. The average Bonchev–Trinajstić information content (AvgIpc) is 2.15. The highest BCUT2D eigenvalue weighted by Gasteiger charge is 2.21. The summed E-state index contributed by atoms with van der Waals surface area (Å²) in [7, 11) is 0. The van der Waals surface area contributed by atoms with Gasteiger partial charge in [-0.15, -0.1) is 0 Å². The zero-order chi connectivity index (χ0) is 10.4. The molecule has 2 nitrogen and oxygen atoms in total. The van der Waals surface area contributed by atoms with Crippen molar-refractivity contribution in [2.75, 3.05) is 6.61 Å². The molecular weight excluding hydrogens is 194 g/mol. The zero-order valence-corrected chi connectivity index (χ0v) is 9.81. The smallest absolute Gasteiger partial charge is 0.0728 e. The highest BCUT2D eigenvalue weighted by molar-refractivity contribution is 7.80. The molecule has 0 aromatic carbocycles. The molecule has 1 saturated carbocycles. The Morgan fingerprint density at radius 3 is 2.79 bits per heavy atom. The standard InChI is InChI=1S/C11H21NOS/c1-9-5-2-3-6-10(9)13-8-4-7-11(12)14/h9-10H,2-8H2,1H3,(H2,12,14). The van der Waals surface area contributed by atoms with Crippen molar-refractivity contribution < 1.29 is 4.74 Å². The lowest BCUT2D eigenvalue weighted by molar-refractivity contribution is -0.00529. The lowest BCUT2D eigenvalue weighted by atomic mass is 9.88. The Bertz CT molecular complexity index is 184. The molecule has 0 aromatic rings. The van der Waals surface area contributed by atoms with Crippen LogP contribution < -0.4 is 5.73 Å². The predicted molar refractivity (Wildman–Crippen MR) is 63.4 cm³/mol. The van der Waals surface area contributed by atoms with Crippen LogP contribution in [0.4, 0.5) is 0 Å². The quantitative estimate of drug-likeness (QED) is 0.565. The van der Waals surface area contributed by atoms with Crippen LogP contribution in [0.3, 0.4) is 0 Å². The largest absolute Gasteiger partial charge is 0.393 e. The Balaban J connectivity index is 2.07. The minimum atomic E-state index is 0.482. The lowest BCUT2D eigenvalue weighted by Crippen LogP contribution is -2.26. The fourth-order valence-corrected chi connectivity index (χ4v) is 2.16. The van der Waals surface area contributed by atoms with Gasteiger partial charge < -0.3 is 10.5 Å². The van der Waals surface area contributed by atoms with Crippen LogP contribution in [0, 0.1) is 5.92 Å². The second-order valence-electron chi connectivity index (χ2n) is 4.24. The van der Waals surface area contributed by atoms with Crippen LogP contribution >= 0.6 is 12.2 Å². The summed E-state index contributed by atoms with van der Waals surface area (Å²) in [5, 5.41) is 0. The first-order chi connectivity index (χ1) is 6.70. The van der Waals surface area contributed by atoms with Gasteiger partial charge in [0.15, 0.2) is 0 Å². The molecule has 0 heterocycles. The molecule has 0 aliphatic heterocycles. The molecule has 0 spiro atoms. The van der Waals surface area contributed by atoms with Gasteiger partial charge in [-0.2, -0.15) is 0 Å². The molecule has 14 heavy (non-hydrogen) atoms. The second-order valence-corrected chi connectivity index (χ2v) is 4.77. The SMILES string of the molecule is CC1CCCCC1OCCCC(N)=S. The molecule has 1 aliphatic rings. The molecule has 1 aliphatic carbocycles. The van der Waals surface area contributed by atoms with E-state index in [4.69, 9.17) is 22.7 Å². The average molecular weight is 215 g/mol. The zero-order valence-electron chi connectivity index (χ0n) is 9.00. The van der Waals surface area contributed by atoms with E-state index >= 15 is 0 Å². The molecule has 1 fully saturated rings. The van der Waals surface area contributed by atoms with E-state index in [0.717, 1.165) is 25.4 Å². The maximum atomic E-state index is 5.83. The van der Waals surface area contributed by atoms with Crippen molar-refractivity contribution in [3.05, 3.63) is 0 Å². The van der Waals surface area contributed by atoms with Crippen LogP contribution in [0.2, 0.25) is 0 Å². The monoisotopic (exact) mass is 215 g/mol. The van der Waals surface area contributed by atoms with Gasteiger partial charge in [0.25, 0.3) is 0 Å². The van der Waals surface area contributed by atoms with E-state index in [9.17, 15) is 0 Å². The second kappa shape index (κ2) is 6.36. The van der Waals surface area contributed by atoms with Crippen molar-refractivity contribution in [2.45, 2.75) is 51.6 Å². The number of ether oxygens (including phenoxy) is 1. The molecule has 0 saturated heterocycles. The Kier molecular flexibility index (Phi) is 5.41. The summed E-state index contributed by atoms with van der Waals surface area (Å²) in [6.45, 7) is 3.10. The van der Waals surface area contributed by atoms with Crippen molar-refractivity contribution in [3.63, 3.8) is 0 Å². The molecule has 3 heteroatoms. The maximum absolute atomic E-state index is 5.83. The van der Waals surface area contributed by atoms with E-state index in [1.807, 2.05) is 0 Å². The number of hydrogen-bond donors (Lipinski definition) is 1. The van der Waals surface area contributed by atoms with Crippen molar-refractivity contribution in [1.82, 2.24) is 0 Å². The highest BCUT2D eigenvalue weighted by Crippen LogP contribution is 2.26. The Morgan fingerprint density at radius 2 is 2.14 bits per heavy atom. The highest BCUT2D eigenvalue weighted by atomic mass is 32.1. The van der Waals surface area contributed by atoms with Gasteiger partial charge in [-0.05, 0) is 31.6 Å². The van der Waals surface area contributed by atoms with E-state index in [2.05, 4.69) is 6.92 Å². The molecule has 2 N–H and O–H groups in total. The van der Waals surface area contributed by atoms with Gasteiger partial charge in [0.2, 0.25) is 0 Å². The minimum Gasteiger partial charge on any atom is -0.393 e. The molecule has 0 radical (unpaired) electrons. The molecule has 1 rings (SSSR count). The summed E-state index contributed by atoms with van der Waals surface area (Å²) in [6, 6.07) is 0. The van der Waals surface area contributed by atoms with E-state index < -0.39 is 0 Å². The molecular formula is C11H21NOS. The van der Waals surface area contributed by atoms with Crippen molar-refractivity contribution in [3.8, 4) is 0 Å². The minimum absolute atomic E-state index is 0.482. The summed E-state index contributed by atoms with van der Waals surface area (Å²) >= 11 is 4.81. The summed E-state index contributed by atoms with van der Waals surface area (Å²) in [6.07, 6.45) is 7.51.